The molecule has 0 saturated carbocycles. The topological polar surface area (TPSA) is 118 Å². The maximum Gasteiger partial charge on any atom is 0.294 e. The molecule has 0 saturated heterocycles. The van der Waals surface area contributed by atoms with Crippen molar-refractivity contribution in [2.45, 2.75) is 19.8 Å². The van der Waals surface area contributed by atoms with Crippen LogP contribution < -0.4 is 21.1 Å². The van der Waals surface area contributed by atoms with Gasteiger partial charge in [0, 0.05) is 11.6 Å². The third-order valence-electron chi connectivity index (χ3n) is 3.72. The van der Waals surface area contributed by atoms with Crippen molar-refractivity contribution in [1.82, 2.24) is 15.7 Å². The normalized spacial score (nSPS) is 13.0. The highest BCUT2D eigenvalue weighted by atomic mass is 35.5. The zero-order valence-electron chi connectivity index (χ0n) is 15.1. The van der Waals surface area contributed by atoms with Crippen LogP contribution >= 0.6 is 23.2 Å². The van der Waals surface area contributed by atoms with Gasteiger partial charge in [0.05, 0.1) is 10.7 Å². The van der Waals surface area contributed by atoms with Gasteiger partial charge in [-0.1, -0.05) is 37.0 Å². The first kappa shape index (κ1) is 20.6. The maximum absolute atomic E-state index is 14.7. The van der Waals surface area contributed by atoms with Crippen LogP contribution in [0.15, 0.2) is 34.4 Å². The maximum atomic E-state index is 14.7. The quantitative estimate of drug-likeness (QED) is 0.611. The second-order valence-corrected chi connectivity index (χ2v) is 6.91. The number of aromatic amines is 1. The lowest BCUT2D eigenvalue weighted by Crippen LogP contribution is -2.31. The van der Waals surface area contributed by atoms with Gasteiger partial charge in [-0.05, 0) is 18.6 Å². The highest BCUT2D eigenvalue weighted by molar-refractivity contribution is 6.43. The molecule has 0 unspecified atom stereocenters. The van der Waals surface area contributed by atoms with Crippen molar-refractivity contribution in [2.24, 2.45) is 4.99 Å². The minimum Gasteiger partial charge on any atom is -0.434 e. The molecule has 0 radical (unpaired) electrons. The summed E-state index contributed by atoms with van der Waals surface area (Å²) in [6.45, 7) is 7.03. The van der Waals surface area contributed by atoms with Crippen molar-refractivity contribution in [3.63, 3.8) is 0 Å². The smallest absolute Gasteiger partial charge is 0.294 e. The number of anilines is 1. The van der Waals surface area contributed by atoms with Crippen molar-refractivity contribution in [3.05, 3.63) is 56.4 Å². The highest BCUT2D eigenvalue weighted by Gasteiger charge is 2.24. The lowest BCUT2D eigenvalue weighted by Gasteiger charge is -2.13. The van der Waals surface area contributed by atoms with Crippen molar-refractivity contribution < 1.29 is 18.8 Å². The van der Waals surface area contributed by atoms with Gasteiger partial charge in [0.25, 0.3) is 11.5 Å². The number of carbonyl (C=O) groups excluding carboxylic acids is 1. The molecule has 12 heteroatoms. The Balaban J connectivity index is 1.89. The van der Waals surface area contributed by atoms with E-state index in [1.54, 1.807) is 0 Å². The van der Waals surface area contributed by atoms with Crippen LogP contribution in [0.2, 0.25) is 10.0 Å². The van der Waals surface area contributed by atoms with Crippen molar-refractivity contribution >= 4 is 40.6 Å². The largest absolute Gasteiger partial charge is 0.434 e. The number of amides is 1. The molecule has 0 bridgehead atoms. The third-order valence-corrected chi connectivity index (χ3v) is 4.34. The zero-order valence-corrected chi connectivity index (χ0v) is 16.6. The first-order valence-electron chi connectivity index (χ1n) is 8.14. The summed E-state index contributed by atoms with van der Waals surface area (Å²) in [6, 6.07) is 2.51. The molecule has 2 heterocycles. The number of carbonyl (C=O) groups is 1. The van der Waals surface area contributed by atoms with E-state index < -0.39 is 16.7 Å². The summed E-state index contributed by atoms with van der Waals surface area (Å²) in [7, 11) is 0. The van der Waals surface area contributed by atoms with Crippen LogP contribution in [0.1, 0.15) is 25.3 Å². The van der Waals surface area contributed by atoms with Crippen LogP contribution in [0.5, 0.6) is 11.6 Å². The Morgan fingerprint density at radius 1 is 1.38 bits per heavy atom. The van der Waals surface area contributed by atoms with E-state index in [1.807, 2.05) is 13.8 Å². The van der Waals surface area contributed by atoms with Gasteiger partial charge in [0.15, 0.2) is 11.6 Å². The van der Waals surface area contributed by atoms with Gasteiger partial charge in [-0.2, -0.15) is 10.5 Å². The number of halogens is 3. The lowest BCUT2D eigenvalue weighted by atomic mass is 10.1. The molecule has 3 rings (SSSR count). The molecule has 3 N–H and O–H groups in total. The Hall–Kier alpha value is -3.11. The van der Waals surface area contributed by atoms with Crippen LogP contribution in [-0.4, -0.2) is 21.9 Å². The number of nitrogens with one attached hydrogen (secondary N) is 3. The van der Waals surface area contributed by atoms with E-state index in [0.29, 0.717) is 5.56 Å². The highest BCUT2D eigenvalue weighted by Crippen LogP contribution is 2.41. The molecule has 9 nitrogen and oxygen atoms in total. The zero-order chi connectivity index (χ0) is 21.3. The van der Waals surface area contributed by atoms with Gasteiger partial charge >= 0.3 is 0 Å². The van der Waals surface area contributed by atoms with Crippen LogP contribution in [0.25, 0.3) is 0 Å². The Bertz CT molecular complexity index is 1100. The summed E-state index contributed by atoms with van der Waals surface area (Å²) in [5.41, 5.74) is 1.96. The predicted molar refractivity (Wildman–Crippen MR) is 105 cm³/mol. The number of aliphatic imine (C=N–C) groups is 1. The molecule has 1 amide bonds. The number of hydrogen-bond donors (Lipinski definition) is 3. The molecule has 29 heavy (non-hydrogen) atoms. The van der Waals surface area contributed by atoms with E-state index in [9.17, 15) is 14.0 Å². The number of hydrogen-bond acceptors (Lipinski definition) is 7. The molecule has 152 valence electrons. The molecule has 1 aromatic heterocycles. The molecular formula is C17H14Cl2FN5O4. The van der Waals surface area contributed by atoms with Crippen LogP contribution in [0.3, 0.4) is 0 Å². The number of rotatable bonds is 5. The Labute approximate surface area is 173 Å². The number of amidine groups is 1. The summed E-state index contributed by atoms with van der Waals surface area (Å²) >= 11 is 12.2. The van der Waals surface area contributed by atoms with Gasteiger partial charge in [-0.25, -0.2) is 9.49 Å². The molecule has 1 aliphatic rings. The SMILES string of the molecule is C=C1N=C(C(=O)Nc2cc(Cl)c(Oc3cc(C(C)C)c(=O)[nH]n3)c(Cl)c2F)NO1. The Morgan fingerprint density at radius 2 is 2.10 bits per heavy atom. The summed E-state index contributed by atoms with van der Waals surface area (Å²) in [4.78, 5) is 32.3. The monoisotopic (exact) mass is 441 g/mol. The summed E-state index contributed by atoms with van der Waals surface area (Å²) in [5.74, 6) is -2.40. The second kappa shape index (κ2) is 8.10. The summed E-state index contributed by atoms with van der Waals surface area (Å²) in [6.07, 6.45) is 0. The minimum atomic E-state index is -0.994. The molecule has 0 atom stereocenters. The number of benzene rings is 1. The molecule has 1 aromatic carbocycles. The molecular weight excluding hydrogens is 428 g/mol. The molecule has 0 fully saturated rings. The standard InChI is InChI=1S/C17H14Cl2FN5O4/c1-6(2)8-4-11(23-24-16(8)26)28-14-9(18)5-10(13(20)12(14)19)22-17(27)15-21-7(3)29-25-15/h4-6H,3H2,1-2H3,(H,21,25)(H,22,27)(H,24,26). The van der Waals surface area contributed by atoms with E-state index in [2.05, 4.69) is 32.6 Å². The van der Waals surface area contributed by atoms with E-state index in [4.69, 9.17) is 32.8 Å². The van der Waals surface area contributed by atoms with Gasteiger partial charge in [-0.15, -0.1) is 5.10 Å². The number of nitrogens with zero attached hydrogens (tertiary/aromatic N) is 2. The predicted octanol–water partition coefficient (Wildman–Crippen LogP) is 3.47. The van der Waals surface area contributed by atoms with Crippen molar-refractivity contribution in [1.29, 1.82) is 0 Å². The van der Waals surface area contributed by atoms with Crippen LogP contribution in [0.4, 0.5) is 10.1 Å². The Morgan fingerprint density at radius 3 is 2.72 bits per heavy atom. The summed E-state index contributed by atoms with van der Waals surface area (Å²) < 4.78 is 20.1. The van der Waals surface area contributed by atoms with Gasteiger partial charge in [-0.3, -0.25) is 9.59 Å². The first-order chi connectivity index (χ1) is 13.7. The lowest BCUT2D eigenvalue weighted by molar-refractivity contribution is -0.110. The number of ether oxygens (including phenoxy) is 1. The Kier molecular flexibility index (Phi) is 5.76. The number of H-pyrrole nitrogens is 1. The van der Waals surface area contributed by atoms with E-state index in [-0.39, 0.29) is 45.5 Å². The fourth-order valence-electron chi connectivity index (χ4n) is 2.31. The van der Waals surface area contributed by atoms with E-state index >= 15 is 0 Å². The first-order valence-corrected chi connectivity index (χ1v) is 8.89. The van der Waals surface area contributed by atoms with E-state index in [1.165, 1.54) is 6.07 Å². The van der Waals surface area contributed by atoms with Crippen LogP contribution in [0, 0.1) is 5.82 Å². The summed E-state index contributed by atoms with van der Waals surface area (Å²) in [5, 5.41) is 7.70. The average molecular weight is 442 g/mol. The van der Waals surface area contributed by atoms with Gasteiger partial charge in [0.2, 0.25) is 17.6 Å². The molecule has 0 spiro atoms. The van der Waals surface area contributed by atoms with Crippen molar-refractivity contribution in [2.75, 3.05) is 5.32 Å². The second-order valence-electron chi connectivity index (χ2n) is 6.12. The third kappa shape index (κ3) is 4.33. The van der Waals surface area contributed by atoms with Crippen molar-refractivity contribution in [3.8, 4) is 11.6 Å². The molecule has 2 aromatic rings. The molecule has 0 aliphatic carbocycles. The fraction of sp³-hybridized carbons (Fsp3) is 0.176. The number of aromatic nitrogens is 2. The minimum absolute atomic E-state index is 0.0235. The van der Waals surface area contributed by atoms with Crippen LogP contribution in [-0.2, 0) is 9.63 Å². The van der Waals surface area contributed by atoms with Gasteiger partial charge < -0.3 is 14.9 Å². The molecule has 1 aliphatic heterocycles. The average Bonchev–Trinajstić information content (AvgIpc) is 3.10. The fourth-order valence-corrected chi connectivity index (χ4v) is 2.84. The van der Waals surface area contributed by atoms with E-state index in [0.717, 1.165) is 6.07 Å². The van der Waals surface area contributed by atoms with Gasteiger partial charge in [0.1, 0.15) is 5.02 Å². The number of hydroxylamine groups is 1.